The molecule has 1 atom stereocenters. The lowest BCUT2D eigenvalue weighted by Gasteiger charge is -2.32. The summed E-state index contributed by atoms with van der Waals surface area (Å²) in [6.07, 6.45) is 0. The lowest BCUT2D eigenvalue weighted by Crippen LogP contribution is -2.52. The highest BCUT2D eigenvalue weighted by atomic mass is 32.2. The molecule has 3 rings (SSSR count). The second-order valence-electron chi connectivity index (χ2n) is 10.2. The quantitative estimate of drug-likeness (QED) is 0.285. The zero-order valence-corrected chi connectivity index (χ0v) is 26.6. The van der Waals surface area contributed by atoms with E-state index in [2.05, 4.69) is 5.32 Å². The van der Waals surface area contributed by atoms with E-state index in [-0.39, 0.29) is 34.8 Å². The van der Waals surface area contributed by atoms with Gasteiger partial charge in [0.25, 0.3) is 10.0 Å². The Morgan fingerprint density at radius 3 is 2.14 bits per heavy atom. The number of rotatable bonds is 14. The fourth-order valence-electron chi connectivity index (χ4n) is 4.47. The molecular formula is C32H41N3O7S. The highest BCUT2D eigenvalue weighted by Crippen LogP contribution is 2.33. The summed E-state index contributed by atoms with van der Waals surface area (Å²) in [6, 6.07) is 17.2. The second kappa shape index (κ2) is 14.8. The van der Waals surface area contributed by atoms with Gasteiger partial charge in [0.1, 0.15) is 18.3 Å². The maximum Gasteiger partial charge on any atom is 0.264 e. The van der Waals surface area contributed by atoms with Crippen molar-refractivity contribution in [3.63, 3.8) is 0 Å². The van der Waals surface area contributed by atoms with Crippen LogP contribution < -0.4 is 23.8 Å². The van der Waals surface area contributed by atoms with Crippen molar-refractivity contribution in [2.24, 2.45) is 0 Å². The topological polar surface area (TPSA) is 114 Å². The summed E-state index contributed by atoms with van der Waals surface area (Å²) < 4.78 is 45.5. The van der Waals surface area contributed by atoms with Crippen molar-refractivity contribution in [3.05, 3.63) is 77.9 Å². The number of sulfonamides is 1. The van der Waals surface area contributed by atoms with Gasteiger partial charge in [0.15, 0.2) is 11.5 Å². The molecule has 0 aromatic heterocycles. The molecule has 0 bridgehead atoms. The molecule has 0 aliphatic carbocycles. The van der Waals surface area contributed by atoms with Crippen LogP contribution in [0.3, 0.4) is 0 Å². The van der Waals surface area contributed by atoms with Crippen LogP contribution in [0.5, 0.6) is 17.2 Å². The molecule has 10 nitrogen and oxygen atoms in total. The summed E-state index contributed by atoms with van der Waals surface area (Å²) in [5.41, 5.74) is 2.04. The van der Waals surface area contributed by atoms with Gasteiger partial charge >= 0.3 is 0 Å². The molecule has 2 amide bonds. The van der Waals surface area contributed by atoms with E-state index in [1.54, 1.807) is 31.2 Å². The van der Waals surface area contributed by atoms with Crippen LogP contribution in [0.4, 0.5) is 5.69 Å². The molecule has 1 N–H and O–H groups in total. The molecule has 1 unspecified atom stereocenters. The van der Waals surface area contributed by atoms with Crippen LogP contribution in [0.2, 0.25) is 0 Å². The maximum absolute atomic E-state index is 14.2. The number of benzene rings is 3. The monoisotopic (exact) mass is 611 g/mol. The van der Waals surface area contributed by atoms with Crippen molar-refractivity contribution in [2.45, 2.75) is 58.1 Å². The molecule has 0 saturated carbocycles. The number of hydrogen-bond acceptors (Lipinski definition) is 7. The Hall–Kier alpha value is -4.25. The summed E-state index contributed by atoms with van der Waals surface area (Å²) in [5, 5.41) is 2.86. The number of hydrogen-bond donors (Lipinski definition) is 1. The molecule has 3 aromatic carbocycles. The first-order chi connectivity index (χ1) is 20.4. The number of carbonyl (C=O) groups excluding carboxylic acids is 2. The molecule has 232 valence electrons. The molecule has 0 spiro atoms. The third kappa shape index (κ3) is 8.19. The number of nitrogens with zero attached hydrogens (tertiary/aromatic N) is 2. The zero-order valence-electron chi connectivity index (χ0n) is 25.8. The van der Waals surface area contributed by atoms with Crippen molar-refractivity contribution in [1.82, 2.24) is 10.2 Å². The third-order valence-corrected chi connectivity index (χ3v) is 8.63. The highest BCUT2D eigenvalue weighted by molar-refractivity contribution is 7.92. The number of nitrogens with one attached hydrogen (secondary N) is 1. The summed E-state index contributed by atoms with van der Waals surface area (Å²) >= 11 is 0. The molecule has 0 fully saturated rings. The smallest absolute Gasteiger partial charge is 0.264 e. The van der Waals surface area contributed by atoms with Gasteiger partial charge in [0.2, 0.25) is 11.8 Å². The maximum atomic E-state index is 14.2. The summed E-state index contributed by atoms with van der Waals surface area (Å²) in [7, 11) is -1.44. The minimum atomic E-state index is -4.30. The lowest BCUT2D eigenvalue weighted by atomic mass is 10.1. The number of amides is 2. The van der Waals surface area contributed by atoms with E-state index in [0.717, 1.165) is 15.4 Å². The van der Waals surface area contributed by atoms with Gasteiger partial charge in [-0.15, -0.1) is 0 Å². The Morgan fingerprint density at radius 1 is 0.907 bits per heavy atom. The van der Waals surface area contributed by atoms with Crippen molar-refractivity contribution in [3.8, 4) is 17.2 Å². The SMILES string of the molecule is CCOc1ccc(N(CC(=O)N(Cc2ccccc2C)C(C)C(=O)NC(C)C)S(=O)(=O)c2ccc(OC)c(OC)c2)cc1. The van der Waals surface area contributed by atoms with Gasteiger partial charge in [-0.2, -0.15) is 0 Å². The first-order valence-corrected chi connectivity index (χ1v) is 15.5. The van der Waals surface area contributed by atoms with Crippen LogP contribution in [0.1, 0.15) is 38.8 Å². The Balaban J connectivity index is 2.09. The number of aryl methyl sites for hydroxylation is 1. The first-order valence-electron chi connectivity index (χ1n) is 14.0. The fraction of sp³-hybridized carbons (Fsp3) is 0.375. The fourth-order valence-corrected chi connectivity index (χ4v) is 5.90. The summed E-state index contributed by atoms with van der Waals surface area (Å²) in [6.45, 7) is 9.07. The zero-order chi connectivity index (χ0) is 31.7. The van der Waals surface area contributed by atoms with Gasteiger partial charge in [-0.25, -0.2) is 8.42 Å². The molecule has 3 aromatic rings. The van der Waals surface area contributed by atoms with Gasteiger partial charge in [0.05, 0.1) is 31.4 Å². The van der Waals surface area contributed by atoms with E-state index in [1.165, 1.54) is 37.3 Å². The summed E-state index contributed by atoms with van der Waals surface area (Å²) in [5.74, 6) is 0.252. The molecule has 0 radical (unpaired) electrons. The number of ether oxygens (including phenoxy) is 3. The molecule has 0 aliphatic heterocycles. The van der Waals surface area contributed by atoms with Gasteiger partial charge in [0, 0.05) is 18.7 Å². The Labute approximate surface area is 254 Å². The van der Waals surface area contributed by atoms with Gasteiger partial charge in [-0.3, -0.25) is 13.9 Å². The van der Waals surface area contributed by atoms with E-state index in [0.29, 0.717) is 18.1 Å². The predicted octanol–water partition coefficient (Wildman–Crippen LogP) is 4.55. The standard InChI is InChI=1S/C32H41N3O7S/c1-8-42-27-15-13-26(14-16-27)35(43(38,39)28-17-18-29(40-6)30(19-28)41-7)21-31(36)34(24(5)32(37)33-22(2)3)20-25-12-10-9-11-23(25)4/h9-19,22,24H,8,20-21H2,1-7H3,(H,33,37). The van der Waals surface area contributed by atoms with Gasteiger partial charge < -0.3 is 24.4 Å². The van der Waals surface area contributed by atoms with Crippen molar-refractivity contribution >= 4 is 27.5 Å². The van der Waals surface area contributed by atoms with E-state index >= 15 is 0 Å². The molecule has 0 saturated heterocycles. The van der Waals surface area contributed by atoms with Gasteiger partial charge in [-0.1, -0.05) is 24.3 Å². The van der Waals surface area contributed by atoms with E-state index in [4.69, 9.17) is 14.2 Å². The van der Waals surface area contributed by atoms with Crippen LogP contribution in [-0.4, -0.2) is 64.6 Å². The van der Waals surface area contributed by atoms with Crippen molar-refractivity contribution in [2.75, 3.05) is 31.7 Å². The van der Waals surface area contributed by atoms with E-state index < -0.39 is 28.5 Å². The summed E-state index contributed by atoms with van der Waals surface area (Å²) in [4.78, 5) is 28.5. The number of methoxy groups -OCH3 is 2. The van der Waals surface area contributed by atoms with Crippen molar-refractivity contribution in [1.29, 1.82) is 0 Å². The minimum Gasteiger partial charge on any atom is -0.494 e. The lowest BCUT2D eigenvalue weighted by molar-refractivity contribution is -0.139. The first kappa shape index (κ1) is 33.3. The molecular weight excluding hydrogens is 570 g/mol. The normalized spacial score (nSPS) is 11.9. The van der Waals surface area contributed by atoms with Crippen LogP contribution in [-0.2, 0) is 26.2 Å². The van der Waals surface area contributed by atoms with Gasteiger partial charge in [-0.05, 0) is 82.1 Å². The molecule has 43 heavy (non-hydrogen) atoms. The Kier molecular flexibility index (Phi) is 11.4. The molecule has 0 aliphatic rings. The van der Waals surface area contributed by atoms with E-state index in [1.807, 2.05) is 52.0 Å². The van der Waals surface area contributed by atoms with Crippen LogP contribution in [0.25, 0.3) is 0 Å². The van der Waals surface area contributed by atoms with Crippen LogP contribution in [0, 0.1) is 6.92 Å². The largest absolute Gasteiger partial charge is 0.494 e. The number of anilines is 1. The highest BCUT2D eigenvalue weighted by Gasteiger charge is 2.33. The molecule has 0 heterocycles. The molecule has 11 heteroatoms. The average Bonchev–Trinajstić information content (AvgIpc) is 2.98. The van der Waals surface area contributed by atoms with E-state index in [9.17, 15) is 18.0 Å². The predicted molar refractivity (Wildman–Crippen MR) is 166 cm³/mol. The average molecular weight is 612 g/mol. The van der Waals surface area contributed by atoms with Crippen molar-refractivity contribution < 1.29 is 32.2 Å². The third-order valence-electron chi connectivity index (χ3n) is 6.86. The Bertz CT molecular complexity index is 1510. The van der Waals surface area contributed by atoms with Crippen LogP contribution in [0.15, 0.2) is 71.6 Å². The van der Waals surface area contributed by atoms with Crippen LogP contribution >= 0.6 is 0 Å². The second-order valence-corrected chi connectivity index (χ2v) is 12.1. The number of carbonyl (C=O) groups is 2. The Morgan fingerprint density at radius 2 is 1.56 bits per heavy atom. The minimum absolute atomic E-state index is 0.0945.